The molecule has 0 bridgehead atoms. The Balaban J connectivity index is 3.15. The van der Waals surface area contributed by atoms with Gasteiger partial charge in [-0.1, -0.05) is 0 Å². The lowest BCUT2D eigenvalue weighted by Gasteiger charge is -2.17. The van der Waals surface area contributed by atoms with Crippen LogP contribution in [0.1, 0.15) is 13.8 Å². The van der Waals surface area contributed by atoms with Gasteiger partial charge in [0.1, 0.15) is 12.3 Å². The molecule has 1 aromatic heterocycles. The van der Waals surface area contributed by atoms with Crippen LogP contribution in [0, 0.1) is 15.3 Å². The van der Waals surface area contributed by atoms with Crippen LogP contribution in [0.4, 0.5) is 11.5 Å². The summed E-state index contributed by atoms with van der Waals surface area (Å²) >= 11 is 0. The summed E-state index contributed by atoms with van der Waals surface area (Å²) < 4.78 is 0.639. The summed E-state index contributed by atoms with van der Waals surface area (Å²) in [5.41, 5.74) is -0.0657. The summed E-state index contributed by atoms with van der Waals surface area (Å²) in [6, 6.07) is 2.49. The van der Waals surface area contributed by atoms with Crippen molar-refractivity contribution in [3.8, 4) is 0 Å². The van der Waals surface area contributed by atoms with Crippen molar-refractivity contribution >= 4 is 11.5 Å². The van der Waals surface area contributed by atoms with Gasteiger partial charge in [-0.15, -0.1) is 0 Å². The predicted octanol–water partition coefficient (Wildman–Crippen LogP) is 1.07. The minimum atomic E-state index is -0.507. The highest BCUT2D eigenvalue weighted by molar-refractivity contribution is 5.42. The molecular weight excluding hydrogens is 198 g/mol. The maximum Gasteiger partial charge on any atom is 0.286 e. The molecule has 82 valence electrons. The van der Waals surface area contributed by atoms with Gasteiger partial charge in [0, 0.05) is 0 Å². The highest BCUT2D eigenvalue weighted by Crippen LogP contribution is 2.16. The summed E-state index contributed by atoms with van der Waals surface area (Å²) in [4.78, 5) is 11.8. The Labute approximate surface area is 87.5 Å². The largest absolute Gasteiger partial charge is 0.711 e. The Kier molecular flexibility index (Phi) is 3.43. The second-order valence-corrected chi connectivity index (χ2v) is 3.00. The number of hydrogen-bond acceptors (Lipinski definition) is 4. The average molecular weight is 211 g/mol. The Morgan fingerprint density at radius 3 is 2.53 bits per heavy atom. The zero-order valence-electron chi connectivity index (χ0n) is 8.71. The molecule has 1 heterocycles. The van der Waals surface area contributed by atoms with Crippen molar-refractivity contribution in [1.82, 2.24) is 0 Å². The van der Waals surface area contributed by atoms with Crippen LogP contribution in [0.2, 0.25) is 0 Å². The van der Waals surface area contributed by atoms with Crippen LogP contribution in [0.25, 0.3) is 0 Å². The van der Waals surface area contributed by atoms with Gasteiger partial charge in [-0.25, -0.2) is 4.73 Å². The van der Waals surface area contributed by atoms with E-state index in [0.29, 0.717) is 23.6 Å². The first-order valence-electron chi connectivity index (χ1n) is 4.72. The predicted molar refractivity (Wildman–Crippen MR) is 55.6 cm³/mol. The van der Waals surface area contributed by atoms with Crippen LogP contribution in [0.3, 0.4) is 0 Å². The van der Waals surface area contributed by atoms with Crippen LogP contribution < -0.4 is 9.63 Å². The van der Waals surface area contributed by atoms with Crippen molar-refractivity contribution in [2.45, 2.75) is 13.8 Å². The number of aromatic nitrogens is 1. The molecule has 0 saturated heterocycles. The van der Waals surface area contributed by atoms with Gasteiger partial charge in [0.05, 0.1) is 24.1 Å². The van der Waals surface area contributed by atoms with E-state index in [0.717, 1.165) is 6.20 Å². The van der Waals surface area contributed by atoms with Gasteiger partial charge < -0.3 is 5.21 Å². The fraction of sp³-hybridized carbons (Fsp3) is 0.444. The maximum absolute atomic E-state index is 11.4. The molecule has 0 atom stereocenters. The van der Waals surface area contributed by atoms with Gasteiger partial charge in [0.2, 0.25) is 0 Å². The molecule has 0 radical (unpaired) electrons. The van der Waals surface area contributed by atoms with Crippen molar-refractivity contribution in [2.75, 3.05) is 18.0 Å². The molecule has 0 unspecified atom stereocenters. The van der Waals surface area contributed by atoms with Gasteiger partial charge in [-0.05, 0) is 13.8 Å². The summed E-state index contributed by atoms with van der Waals surface area (Å²) in [6.07, 6.45) is 1.16. The molecule has 1 aromatic rings. The third-order valence-electron chi connectivity index (χ3n) is 2.18. The van der Waals surface area contributed by atoms with Crippen molar-refractivity contribution in [3.05, 3.63) is 33.7 Å². The number of anilines is 1. The van der Waals surface area contributed by atoms with E-state index in [2.05, 4.69) is 0 Å². The Hall–Kier alpha value is -1.85. The summed E-state index contributed by atoms with van der Waals surface area (Å²) in [5.74, 6) is 0.314. The molecule has 6 heteroatoms. The number of pyridine rings is 1. The summed E-state index contributed by atoms with van der Waals surface area (Å²) in [5, 5.41) is 21.9. The van der Waals surface area contributed by atoms with Crippen LogP contribution in [-0.4, -0.2) is 18.0 Å². The average Bonchev–Trinajstić information content (AvgIpc) is 2.22. The minimum Gasteiger partial charge on any atom is -0.711 e. The van der Waals surface area contributed by atoms with Crippen molar-refractivity contribution in [3.63, 3.8) is 0 Å². The number of nitro groups is 1. The molecule has 0 aliphatic carbocycles. The third kappa shape index (κ3) is 2.34. The van der Waals surface area contributed by atoms with E-state index in [1.165, 1.54) is 12.1 Å². The smallest absolute Gasteiger partial charge is 0.286 e. The second kappa shape index (κ2) is 4.59. The Morgan fingerprint density at radius 2 is 2.07 bits per heavy atom. The highest BCUT2D eigenvalue weighted by atomic mass is 16.6. The van der Waals surface area contributed by atoms with Gasteiger partial charge in [-0.3, -0.25) is 15.0 Å². The quantitative estimate of drug-likeness (QED) is 0.323. The van der Waals surface area contributed by atoms with Crippen LogP contribution >= 0.6 is 0 Å². The molecule has 6 nitrogen and oxygen atoms in total. The van der Waals surface area contributed by atoms with Crippen molar-refractivity contribution < 1.29 is 9.65 Å². The lowest BCUT2D eigenvalue weighted by atomic mass is 10.3. The van der Waals surface area contributed by atoms with E-state index in [9.17, 15) is 15.3 Å². The first-order chi connectivity index (χ1) is 7.10. The van der Waals surface area contributed by atoms with E-state index < -0.39 is 4.92 Å². The van der Waals surface area contributed by atoms with Crippen molar-refractivity contribution in [2.24, 2.45) is 0 Å². The molecule has 0 N–H and O–H groups in total. The fourth-order valence-corrected chi connectivity index (χ4v) is 1.36. The molecule has 0 saturated carbocycles. The molecule has 0 spiro atoms. The lowest BCUT2D eigenvalue weighted by molar-refractivity contribution is -0.593. The van der Waals surface area contributed by atoms with E-state index in [-0.39, 0.29) is 5.69 Å². The van der Waals surface area contributed by atoms with Gasteiger partial charge >= 0.3 is 0 Å². The fourth-order valence-electron chi connectivity index (χ4n) is 1.36. The molecule has 0 aliphatic heterocycles. The molecular formula is C9H13N3O3. The van der Waals surface area contributed by atoms with E-state index in [1.54, 1.807) is 4.90 Å². The molecule has 15 heavy (non-hydrogen) atoms. The first-order valence-corrected chi connectivity index (χ1v) is 4.72. The van der Waals surface area contributed by atoms with Crippen LogP contribution in [-0.2, 0) is 0 Å². The van der Waals surface area contributed by atoms with Gasteiger partial charge in [-0.2, -0.15) is 0 Å². The van der Waals surface area contributed by atoms with Crippen LogP contribution in [0.5, 0.6) is 0 Å². The zero-order valence-corrected chi connectivity index (χ0v) is 8.71. The van der Waals surface area contributed by atoms with Crippen LogP contribution in [0.15, 0.2) is 18.3 Å². The standard InChI is InChI=1S/C9H13N3O3/c1-3-10(4-2)9-7-8(12(14)15)5-6-11(9)13/h5-7H,3-4H2,1-2H3. The zero-order chi connectivity index (χ0) is 11.4. The molecule has 0 amide bonds. The van der Waals surface area contributed by atoms with E-state index >= 15 is 0 Å². The summed E-state index contributed by atoms with van der Waals surface area (Å²) in [6.45, 7) is 5.06. The first kappa shape index (κ1) is 11.2. The number of rotatable bonds is 4. The normalized spacial score (nSPS) is 10.0. The number of hydrogen-bond donors (Lipinski definition) is 0. The second-order valence-electron chi connectivity index (χ2n) is 3.00. The van der Waals surface area contributed by atoms with E-state index in [1.807, 2.05) is 13.8 Å². The van der Waals surface area contributed by atoms with E-state index in [4.69, 9.17) is 0 Å². The molecule has 0 aromatic carbocycles. The summed E-state index contributed by atoms with van der Waals surface area (Å²) in [7, 11) is 0. The molecule has 0 fully saturated rings. The molecule has 0 aliphatic rings. The SMILES string of the molecule is CCN(CC)c1cc([N+](=O)[O-])cc[n+]1[O-]. The monoisotopic (exact) mass is 211 g/mol. The number of nitrogens with zero attached hydrogens (tertiary/aromatic N) is 3. The minimum absolute atomic E-state index is 0.0657. The van der Waals surface area contributed by atoms with Gasteiger partial charge in [0.25, 0.3) is 11.5 Å². The third-order valence-corrected chi connectivity index (χ3v) is 2.18. The lowest BCUT2D eigenvalue weighted by Crippen LogP contribution is -2.37. The maximum atomic E-state index is 11.4. The molecule has 1 rings (SSSR count). The topological polar surface area (TPSA) is 73.3 Å². The van der Waals surface area contributed by atoms with Gasteiger partial charge in [0.15, 0.2) is 0 Å². The highest BCUT2D eigenvalue weighted by Gasteiger charge is 2.17. The Bertz CT molecular complexity index is 364. The Morgan fingerprint density at radius 1 is 1.47 bits per heavy atom. The van der Waals surface area contributed by atoms with Crippen molar-refractivity contribution in [1.29, 1.82) is 0 Å².